The van der Waals surface area contributed by atoms with Crippen LogP contribution in [0.2, 0.25) is 0 Å². The van der Waals surface area contributed by atoms with E-state index < -0.39 is 0 Å². The van der Waals surface area contributed by atoms with Crippen LogP contribution in [0.3, 0.4) is 0 Å². The Labute approximate surface area is 161 Å². The van der Waals surface area contributed by atoms with Crippen LogP contribution in [0.1, 0.15) is 59.1 Å². The van der Waals surface area contributed by atoms with E-state index in [0.29, 0.717) is 0 Å². The summed E-state index contributed by atoms with van der Waals surface area (Å²) in [5.41, 5.74) is 6.81. The molecule has 1 rings (SSSR count). The molecule has 0 aliphatic heterocycles. The fourth-order valence-electron chi connectivity index (χ4n) is 1.81. The molecule has 0 aromatic heterocycles. The first kappa shape index (κ1) is 23.5. The molecule has 0 aliphatic rings. The molecule has 0 bridgehead atoms. The minimum atomic E-state index is 0.991. The van der Waals surface area contributed by atoms with Gasteiger partial charge in [-0.3, -0.25) is 0 Å². The standard InChI is InChI=1S/C24H28.C2H6/c1-7-19(3)9-12-21(5)22(6)13-16-23(8-2)17-18-24-14-10-20(4)11-15-24;1-2/h8-16H,6-7H2,1-5H3;1-2H3/b16-13-,19-9+,21-12+,23-8+;. The molecule has 0 amide bonds. The van der Waals surface area contributed by atoms with Crippen molar-refractivity contribution in [3.8, 4) is 11.8 Å². The summed E-state index contributed by atoms with van der Waals surface area (Å²) in [6.45, 7) is 18.6. The summed E-state index contributed by atoms with van der Waals surface area (Å²) in [5.74, 6) is 6.41. The zero-order valence-electron chi connectivity index (χ0n) is 17.6. The molecule has 26 heavy (non-hydrogen) atoms. The molecule has 0 unspecified atom stereocenters. The molecule has 0 saturated carbocycles. The molecule has 0 nitrogen and oxygen atoms in total. The van der Waals surface area contributed by atoms with Crippen molar-refractivity contribution in [1.82, 2.24) is 0 Å². The lowest BCUT2D eigenvalue weighted by molar-refractivity contribution is 1.10. The smallest absolute Gasteiger partial charge is 0.0249 e. The first-order valence-corrected chi connectivity index (χ1v) is 9.42. The summed E-state index contributed by atoms with van der Waals surface area (Å²) in [6, 6.07) is 8.26. The van der Waals surface area contributed by atoms with E-state index in [2.05, 4.69) is 70.4 Å². The highest BCUT2D eigenvalue weighted by molar-refractivity contribution is 5.48. The van der Waals surface area contributed by atoms with Gasteiger partial charge < -0.3 is 0 Å². The Balaban J connectivity index is 0.00000301. The number of hydrogen-bond acceptors (Lipinski definition) is 0. The van der Waals surface area contributed by atoms with Crippen molar-refractivity contribution in [1.29, 1.82) is 0 Å². The maximum atomic E-state index is 4.13. The highest BCUT2D eigenvalue weighted by Crippen LogP contribution is 2.11. The van der Waals surface area contributed by atoms with Crippen LogP contribution >= 0.6 is 0 Å². The Morgan fingerprint density at radius 3 is 2.19 bits per heavy atom. The van der Waals surface area contributed by atoms with Crippen molar-refractivity contribution >= 4 is 0 Å². The van der Waals surface area contributed by atoms with Gasteiger partial charge in [-0.05, 0) is 63.5 Å². The average Bonchev–Trinajstić information content (AvgIpc) is 2.68. The third kappa shape index (κ3) is 9.70. The molecule has 0 N–H and O–H groups in total. The number of allylic oxidation sites excluding steroid dienone is 9. The Bertz CT molecular complexity index is 735. The van der Waals surface area contributed by atoms with Crippen molar-refractivity contribution in [2.45, 2.75) is 54.9 Å². The van der Waals surface area contributed by atoms with Gasteiger partial charge in [0.1, 0.15) is 0 Å². The molecule has 1 aromatic carbocycles. The van der Waals surface area contributed by atoms with Gasteiger partial charge in [0, 0.05) is 11.1 Å². The predicted molar refractivity (Wildman–Crippen MR) is 119 cm³/mol. The van der Waals surface area contributed by atoms with E-state index >= 15 is 0 Å². The van der Waals surface area contributed by atoms with Gasteiger partial charge in [0.05, 0.1) is 0 Å². The molecule has 0 atom stereocenters. The second kappa shape index (κ2) is 13.7. The molecule has 0 aliphatic carbocycles. The Hall–Kier alpha value is -2.52. The summed E-state index contributed by atoms with van der Waals surface area (Å²) >= 11 is 0. The largest absolute Gasteiger partial charge is 0.0915 e. The SMILES string of the molecule is C=C(/C=C\C(C#Cc1ccc(C)cc1)=C/C)/C(C)=C/C=C(\C)CC.CC. The topological polar surface area (TPSA) is 0 Å². The molecule has 0 fully saturated rings. The monoisotopic (exact) mass is 346 g/mol. The first-order valence-electron chi connectivity index (χ1n) is 9.42. The van der Waals surface area contributed by atoms with Gasteiger partial charge in [-0.2, -0.15) is 0 Å². The molecule has 0 heteroatoms. The minimum Gasteiger partial charge on any atom is -0.0915 e. The molecule has 0 saturated heterocycles. The van der Waals surface area contributed by atoms with E-state index in [1.165, 1.54) is 16.7 Å². The number of aryl methyl sites for hydroxylation is 1. The third-order valence-electron chi connectivity index (χ3n) is 3.86. The van der Waals surface area contributed by atoms with E-state index in [-0.39, 0.29) is 0 Å². The molecule has 1 aromatic rings. The van der Waals surface area contributed by atoms with Gasteiger partial charge in [-0.25, -0.2) is 0 Å². The highest BCUT2D eigenvalue weighted by Gasteiger charge is 1.93. The lowest BCUT2D eigenvalue weighted by atomic mass is 10.1. The number of rotatable bonds is 5. The van der Waals surface area contributed by atoms with E-state index in [0.717, 1.165) is 23.1 Å². The van der Waals surface area contributed by atoms with Gasteiger partial charge in [0.15, 0.2) is 0 Å². The zero-order chi connectivity index (χ0) is 19.9. The van der Waals surface area contributed by atoms with Crippen LogP contribution in [0.4, 0.5) is 0 Å². The quantitative estimate of drug-likeness (QED) is 0.378. The van der Waals surface area contributed by atoms with E-state index in [1.807, 2.05) is 51.1 Å². The number of hydrogen-bond donors (Lipinski definition) is 0. The van der Waals surface area contributed by atoms with E-state index in [9.17, 15) is 0 Å². The first-order chi connectivity index (χ1) is 12.5. The molecule has 0 heterocycles. The fourth-order valence-corrected chi connectivity index (χ4v) is 1.81. The lowest BCUT2D eigenvalue weighted by Gasteiger charge is -1.99. The van der Waals surface area contributed by atoms with Gasteiger partial charge in [0.2, 0.25) is 0 Å². The van der Waals surface area contributed by atoms with Crippen molar-refractivity contribution in [2.24, 2.45) is 0 Å². The minimum absolute atomic E-state index is 0.991. The van der Waals surface area contributed by atoms with Crippen molar-refractivity contribution in [3.05, 3.63) is 94.6 Å². The summed E-state index contributed by atoms with van der Waals surface area (Å²) in [5, 5.41) is 0. The van der Waals surface area contributed by atoms with Crippen LogP contribution in [-0.4, -0.2) is 0 Å². The maximum absolute atomic E-state index is 4.13. The van der Waals surface area contributed by atoms with Crippen LogP contribution in [0.25, 0.3) is 0 Å². The predicted octanol–water partition coefficient (Wildman–Crippen LogP) is 7.73. The molecular weight excluding hydrogens is 312 g/mol. The Morgan fingerprint density at radius 2 is 1.65 bits per heavy atom. The van der Waals surface area contributed by atoms with Crippen molar-refractivity contribution in [3.63, 3.8) is 0 Å². The zero-order valence-corrected chi connectivity index (χ0v) is 17.6. The Kier molecular flexibility index (Phi) is 12.4. The van der Waals surface area contributed by atoms with Crippen LogP contribution < -0.4 is 0 Å². The Morgan fingerprint density at radius 1 is 1.04 bits per heavy atom. The van der Waals surface area contributed by atoms with Crippen LogP contribution in [0, 0.1) is 18.8 Å². The summed E-state index contributed by atoms with van der Waals surface area (Å²) in [7, 11) is 0. The van der Waals surface area contributed by atoms with Crippen LogP contribution in [-0.2, 0) is 0 Å². The highest BCUT2D eigenvalue weighted by atomic mass is 14.0. The van der Waals surface area contributed by atoms with Gasteiger partial charge in [-0.15, -0.1) is 0 Å². The average molecular weight is 347 g/mol. The molecular formula is C26H34. The van der Waals surface area contributed by atoms with Crippen LogP contribution in [0.5, 0.6) is 0 Å². The lowest BCUT2D eigenvalue weighted by Crippen LogP contribution is -1.81. The summed E-state index contributed by atoms with van der Waals surface area (Å²) in [6.07, 6.45) is 11.4. The molecule has 0 spiro atoms. The van der Waals surface area contributed by atoms with Crippen molar-refractivity contribution < 1.29 is 0 Å². The number of benzene rings is 1. The third-order valence-corrected chi connectivity index (χ3v) is 3.86. The summed E-state index contributed by atoms with van der Waals surface area (Å²) < 4.78 is 0. The normalized spacial score (nSPS) is 12.2. The second-order valence-electron chi connectivity index (χ2n) is 5.93. The van der Waals surface area contributed by atoms with E-state index in [1.54, 1.807) is 0 Å². The fraction of sp³-hybridized carbons (Fsp3) is 0.308. The van der Waals surface area contributed by atoms with Gasteiger partial charge >= 0.3 is 0 Å². The van der Waals surface area contributed by atoms with E-state index in [4.69, 9.17) is 0 Å². The second-order valence-corrected chi connectivity index (χ2v) is 5.93. The van der Waals surface area contributed by atoms with Crippen molar-refractivity contribution in [2.75, 3.05) is 0 Å². The summed E-state index contributed by atoms with van der Waals surface area (Å²) in [4.78, 5) is 0. The van der Waals surface area contributed by atoms with Crippen LogP contribution in [0.15, 0.2) is 83.5 Å². The van der Waals surface area contributed by atoms with Gasteiger partial charge in [-0.1, -0.05) is 86.8 Å². The van der Waals surface area contributed by atoms with Gasteiger partial charge in [0.25, 0.3) is 0 Å². The maximum Gasteiger partial charge on any atom is 0.0249 e. The molecule has 138 valence electrons. The molecule has 0 radical (unpaired) electrons.